The van der Waals surface area contributed by atoms with Crippen molar-refractivity contribution in [2.75, 3.05) is 57.8 Å². The molecule has 6 aromatic heterocycles. The SMILES string of the molecule is COCC[C@H]1[C@@H](O)[C@H](n2c[n+](C)c3c(=O)[nH]c(N)nc32)O[C@@H]1COP(=O)(O)OP(=O)(O)OP(O)(=S)OCC1O[C@@H](n2cnc3c(N)ncnc32)[C@H](OC)[C@@H]1P(=O)([O-])OC[C@H]1O[C@@H](n2cnc3c(=O)[nH]c(N)nc32)[C@H](O)[C@@H]1O. The molecule has 9 rings (SSSR count). The third kappa shape index (κ3) is 11.4. The highest BCUT2D eigenvalue weighted by Crippen LogP contribution is 2.68. The van der Waals surface area contributed by atoms with Crippen molar-refractivity contribution < 1.29 is 99.0 Å². The lowest BCUT2D eigenvalue weighted by atomic mass is 9.95. The average Bonchev–Trinajstić information content (AvgIpc) is 4.20. The molecule has 422 valence electrons. The van der Waals surface area contributed by atoms with Gasteiger partial charge in [0.05, 0.1) is 57.4 Å². The number of nitrogen functional groups attached to an aromatic ring is 3. The fraction of sp³-hybridized carbons (Fsp3) is 0.571. The summed E-state index contributed by atoms with van der Waals surface area (Å²) in [5.41, 5.74) is 13.9. The molecule has 5 unspecified atom stereocenters. The minimum atomic E-state index is -6.00. The van der Waals surface area contributed by atoms with E-state index >= 15 is 0 Å². The number of phosphoric acid groups is 2. The summed E-state index contributed by atoms with van der Waals surface area (Å²) in [6, 6.07) is 0. The van der Waals surface area contributed by atoms with E-state index in [1.165, 1.54) is 34.2 Å². The number of phosphoric ester groups is 1. The Bertz CT molecular complexity index is 3510. The van der Waals surface area contributed by atoms with Crippen LogP contribution in [0.15, 0.2) is 34.9 Å². The van der Waals surface area contributed by atoms with Gasteiger partial charge in [0.2, 0.25) is 24.5 Å². The number of imidazole rings is 3. The third-order valence-corrected chi connectivity index (χ3v) is 19.6. The second kappa shape index (κ2) is 21.8. The number of nitrogens with two attached hydrogens (primary N) is 3. The van der Waals surface area contributed by atoms with Crippen LogP contribution in [0.3, 0.4) is 0 Å². The van der Waals surface area contributed by atoms with E-state index in [9.17, 15) is 58.2 Å². The van der Waals surface area contributed by atoms with Gasteiger partial charge in [-0.15, -0.1) is 0 Å². The zero-order valence-electron chi connectivity index (χ0n) is 39.9. The second-order valence-corrected chi connectivity index (χ2v) is 25.4. The Kier molecular flexibility index (Phi) is 16.1. The van der Waals surface area contributed by atoms with Gasteiger partial charge in [-0.25, -0.2) is 37.9 Å². The first-order chi connectivity index (χ1) is 36.2. The Balaban J connectivity index is 0.890. The molecule has 0 bridgehead atoms. The number of nitrogens with zero attached hydrogens (tertiary/aromatic N) is 10. The molecule has 0 aromatic carbocycles. The molecular formula is C35H49N15O22P4S. The number of hydrogen-bond donors (Lipinski definition) is 11. The van der Waals surface area contributed by atoms with Crippen molar-refractivity contribution in [2.24, 2.45) is 13.0 Å². The summed E-state index contributed by atoms with van der Waals surface area (Å²) in [7, 11) is -13.2. The molecule has 0 aliphatic carbocycles. The van der Waals surface area contributed by atoms with E-state index in [0.29, 0.717) is 0 Å². The van der Waals surface area contributed by atoms with E-state index in [1.807, 2.05) is 0 Å². The summed E-state index contributed by atoms with van der Waals surface area (Å²) >= 11 is 4.94. The molecule has 0 spiro atoms. The van der Waals surface area contributed by atoms with Crippen molar-refractivity contribution in [1.29, 1.82) is 0 Å². The molecular weight excluding hydrogens is 1140 g/mol. The van der Waals surface area contributed by atoms with Crippen LogP contribution in [0.2, 0.25) is 0 Å². The van der Waals surface area contributed by atoms with Crippen LogP contribution in [0.1, 0.15) is 25.1 Å². The average molecular weight is 1190 g/mol. The third-order valence-electron chi connectivity index (χ3n) is 12.6. The van der Waals surface area contributed by atoms with Gasteiger partial charge < -0.3 is 89.4 Å². The number of aliphatic hydroxyl groups is 3. The predicted molar refractivity (Wildman–Crippen MR) is 256 cm³/mol. The summed E-state index contributed by atoms with van der Waals surface area (Å²) in [4.78, 5) is 101. The number of rotatable bonds is 21. The molecule has 0 amide bonds. The van der Waals surface area contributed by atoms with Crippen LogP contribution >= 0.6 is 30.0 Å². The Morgan fingerprint density at radius 3 is 2.05 bits per heavy atom. The highest BCUT2D eigenvalue weighted by Gasteiger charge is 2.54. The number of methoxy groups -OCH3 is 2. The number of aliphatic hydroxyl groups excluding tert-OH is 3. The van der Waals surface area contributed by atoms with Gasteiger partial charge in [0, 0.05) is 26.7 Å². The van der Waals surface area contributed by atoms with Gasteiger partial charge in [0.15, 0.2) is 35.1 Å². The first-order valence-electron chi connectivity index (χ1n) is 22.3. The van der Waals surface area contributed by atoms with Gasteiger partial charge in [0.1, 0.15) is 50.0 Å². The molecule has 3 aliphatic rings. The van der Waals surface area contributed by atoms with Gasteiger partial charge in [-0.2, -0.15) is 18.8 Å². The number of ether oxygens (including phenoxy) is 5. The summed E-state index contributed by atoms with van der Waals surface area (Å²) in [5.74, 6) is -1.54. The quantitative estimate of drug-likeness (QED) is 0.0243. The summed E-state index contributed by atoms with van der Waals surface area (Å²) in [6.45, 7) is -8.11. The van der Waals surface area contributed by atoms with Gasteiger partial charge in [-0.3, -0.25) is 33.2 Å². The molecule has 42 heteroatoms. The normalized spacial score (nSPS) is 30.0. The van der Waals surface area contributed by atoms with Crippen LogP contribution in [0.25, 0.3) is 33.5 Å². The number of hydrogen-bond acceptors (Lipinski definition) is 29. The number of fused-ring (bicyclic) bond motifs is 3. The molecule has 77 heavy (non-hydrogen) atoms. The zero-order valence-corrected chi connectivity index (χ0v) is 44.3. The first-order valence-corrected chi connectivity index (χ1v) is 29.5. The number of H-pyrrole nitrogens is 2. The lowest BCUT2D eigenvalue weighted by Gasteiger charge is -2.35. The van der Waals surface area contributed by atoms with Crippen molar-refractivity contribution >= 4 is 93.0 Å². The second-order valence-electron chi connectivity index (χ2n) is 17.4. The van der Waals surface area contributed by atoms with Crippen LogP contribution in [-0.4, -0.2) is 173 Å². The van der Waals surface area contributed by atoms with Crippen LogP contribution in [-0.2, 0) is 78.4 Å². The molecule has 3 aliphatic heterocycles. The molecule has 37 nitrogen and oxygen atoms in total. The summed E-state index contributed by atoms with van der Waals surface area (Å²) in [5, 5.41) is 33.4. The fourth-order valence-corrected chi connectivity index (χ4v) is 15.4. The van der Waals surface area contributed by atoms with E-state index in [-0.39, 0.29) is 64.2 Å². The molecule has 14 N–H and O–H groups in total. The number of aromatic amines is 2. The lowest BCUT2D eigenvalue weighted by Crippen LogP contribution is -2.40. The van der Waals surface area contributed by atoms with Crippen LogP contribution in [0, 0.1) is 5.92 Å². The minimum Gasteiger partial charge on any atom is -0.778 e. The van der Waals surface area contributed by atoms with Crippen molar-refractivity contribution in [3.05, 3.63) is 46.0 Å². The van der Waals surface area contributed by atoms with E-state index in [1.54, 1.807) is 0 Å². The van der Waals surface area contributed by atoms with E-state index < -0.39 is 134 Å². The van der Waals surface area contributed by atoms with Crippen molar-refractivity contribution in [2.45, 2.75) is 73.5 Å². The van der Waals surface area contributed by atoms with Crippen molar-refractivity contribution in [3.8, 4) is 0 Å². The Hall–Kier alpha value is -4.69. The van der Waals surface area contributed by atoms with Gasteiger partial charge in [-0.1, -0.05) is 0 Å². The molecule has 3 fully saturated rings. The van der Waals surface area contributed by atoms with E-state index in [4.69, 9.17) is 66.3 Å². The van der Waals surface area contributed by atoms with Crippen LogP contribution in [0.5, 0.6) is 0 Å². The summed E-state index contributed by atoms with van der Waals surface area (Å²) < 4.78 is 99.4. The monoisotopic (exact) mass is 1190 g/mol. The van der Waals surface area contributed by atoms with Crippen molar-refractivity contribution in [1.82, 2.24) is 53.6 Å². The minimum absolute atomic E-state index is 0.0103. The number of aromatic nitrogens is 12. The Morgan fingerprint density at radius 1 is 0.740 bits per heavy atom. The number of nitrogens with one attached hydrogen (secondary N) is 2. The molecule has 6 aromatic rings. The largest absolute Gasteiger partial charge is 0.778 e. The zero-order chi connectivity index (χ0) is 55.7. The number of anilines is 3. The summed E-state index contributed by atoms with van der Waals surface area (Å²) in [6.07, 6.45) is -10.8. The maximum Gasteiger partial charge on any atom is 0.488 e. The highest BCUT2D eigenvalue weighted by atomic mass is 32.5. The molecule has 0 saturated carbocycles. The molecule has 3 saturated heterocycles. The highest BCUT2D eigenvalue weighted by molar-refractivity contribution is 8.08. The number of aryl methyl sites for hydroxylation is 1. The smallest absolute Gasteiger partial charge is 0.488 e. The maximum absolute atomic E-state index is 14.4. The van der Waals surface area contributed by atoms with Gasteiger partial charge >= 0.3 is 27.9 Å². The molecule has 9 heterocycles. The van der Waals surface area contributed by atoms with Gasteiger partial charge in [0.25, 0.3) is 16.7 Å². The topological polar surface area (TPSA) is 528 Å². The van der Waals surface area contributed by atoms with Crippen LogP contribution in [0.4, 0.5) is 17.7 Å². The maximum atomic E-state index is 14.4. The Labute approximate surface area is 434 Å². The first kappa shape index (κ1) is 57.0. The lowest BCUT2D eigenvalue weighted by molar-refractivity contribution is -0.646. The van der Waals surface area contributed by atoms with E-state index in [0.717, 1.165) is 30.7 Å². The van der Waals surface area contributed by atoms with Gasteiger partial charge in [-0.05, 0) is 18.2 Å². The predicted octanol–water partition coefficient (Wildman–Crippen LogP) is -3.87. The standard InChI is InChI=1S/C35H49N15O22P4S/c1-47-12-50(28-19(47)30(55)46-35(38)44-28)31-20(51)13(4-5-63-2)14(68-31)6-66-74(58,59)71-75(60,61)72-76(62,77)67-8-16-24(23(64-3)33(70-16)48-10-41-17-25(36)39-9-40-26(17)48)73(56,57)65-7-15-21(52)22(53)32(69-15)49-11-42-18-27(49)43-34(37)45-29(18)54/h9-16,20-24,31-33,51-53H,4-8H2,1-3H3,(H11-,36,37,38,39,40,43,44,45,46,54,55,56,57,58,59,60,61,62,77)/t13-,14-,15-,16?,20-,21-,22-,23-,24-,31-,32-,33-,76?/m1/s1. The Morgan fingerprint density at radius 2 is 1.35 bits per heavy atom. The fourth-order valence-electron chi connectivity index (χ4n) is 9.17. The van der Waals surface area contributed by atoms with Crippen molar-refractivity contribution in [3.63, 3.8) is 0 Å². The van der Waals surface area contributed by atoms with Crippen LogP contribution < -0.4 is 37.8 Å². The van der Waals surface area contributed by atoms with E-state index in [2.05, 4.69) is 48.5 Å². The molecule has 0 radical (unpaired) electrons. The molecule has 16 atom stereocenters.